The molecule has 0 saturated carbocycles. The van der Waals surface area contributed by atoms with Gasteiger partial charge in [0.1, 0.15) is 11.5 Å². The third-order valence-electron chi connectivity index (χ3n) is 4.89. The number of hydrogen-bond acceptors (Lipinski definition) is 10. The highest BCUT2D eigenvalue weighted by Gasteiger charge is 2.46. The van der Waals surface area contributed by atoms with E-state index in [-0.39, 0.29) is 0 Å². The molecule has 10 nitrogen and oxygen atoms in total. The fraction of sp³-hybridized carbons (Fsp3) is 0.364. The van der Waals surface area contributed by atoms with E-state index >= 15 is 0 Å². The third-order valence-corrected chi connectivity index (χ3v) is 4.89. The summed E-state index contributed by atoms with van der Waals surface area (Å²) in [4.78, 5) is 46.8. The van der Waals surface area contributed by atoms with Crippen molar-refractivity contribution >= 4 is 34.6 Å². The van der Waals surface area contributed by atoms with Crippen molar-refractivity contribution in [3.63, 3.8) is 0 Å². The van der Waals surface area contributed by atoms with Gasteiger partial charge in [0.2, 0.25) is 12.2 Å². The predicted octanol–water partition coefficient (Wildman–Crippen LogP) is 2.61. The van der Waals surface area contributed by atoms with E-state index in [1.807, 2.05) is 0 Å². The van der Waals surface area contributed by atoms with Crippen LogP contribution in [0.5, 0.6) is 11.5 Å². The lowest BCUT2D eigenvalue weighted by atomic mass is 9.93. The molecule has 0 fully saturated rings. The van der Waals surface area contributed by atoms with E-state index in [4.69, 9.17) is 28.4 Å². The van der Waals surface area contributed by atoms with E-state index in [1.54, 1.807) is 24.3 Å². The lowest BCUT2D eigenvalue weighted by Gasteiger charge is -2.20. The summed E-state index contributed by atoms with van der Waals surface area (Å²) in [5.74, 6) is -1.82. The van der Waals surface area contributed by atoms with E-state index in [0.717, 1.165) is 0 Å². The van der Waals surface area contributed by atoms with Crippen LogP contribution in [0.2, 0.25) is 0 Å². The molecule has 2 aromatic carbocycles. The molecule has 0 aliphatic carbocycles. The lowest BCUT2D eigenvalue weighted by Crippen LogP contribution is -2.28. The van der Waals surface area contributed by atoms with E-state index < -0.39 is 48.7 Å². The van der Waals surface area contributed by atoms with Crippen molar-refractivity contribution in [1.82, 2.24) is 0 Å². The standard InChI is InChI=1S/C22H20O10/c1-9(23)27-19-17-14(31-21(19)29-11(3)25)7-5-13-6-8-15-18(16(13)17)20(28-10(2)24)22(32-15)30-12(4)26/h5-8,19-22H,1-4H3/t19-,20-,21-,22-/m1/s1. The maximum absolute atomic E-state index is 11.8. The number of rotatable bonds is 4. The second-order valence-corrected chi connectivity index (χ2v) is 7.30. The molecular formula is C22H20O10. The van der Waals surface area contributed by atoms with Crippen LogP contribution in [0.1, 0.15) is 51.0 Å². The van der Waals surface area contributed by atoms with Crippen LogP contribution in [-0.2, 0) is 38.1 Å². The van der Waals surface area contributed by atoms with Crippen molar-refractivity contribution < 1.29 is 47.6 Å². The summed E-state index contributed by atoms with van der Waals surface area (Å²) in [7, 11) is 0. The molecule has 0 spiro atoms. The van der Waals surface area contributed by atoms with Gasteiger partial charge >= 0.3 is 23.9 Å². The smallest absolute Gasteiger partial charge is 0.305 e. The minimum atomic E-state index is -1.20. The molecule has 10 heteroatoms. The van der Waals surface area contributed by atoms with Crippen LogP contribution in [0.15, 0.2) is 24.3 Å². The average molecular weight is 444 g/mol. The molecule has 168 valence electrons. The number of carbonyl (C=O) groups is 4. The van der Waals surface area contributed by atoms with Gasteiger partial charge in [0, 0.05) is 33.1 Å². The fourth-order valence-corrected chi connectivity index (χ4v) is 3.94. The SMILES string of the molecule is CC(=O)O[C@@H]1Oc2ccc3ccc4c(c3c2[C@H]1OC(C)=O)[C@@H](OC(C)=O)[C@H](OC(C)=O)O4. The highest BCUT2D eigenvalue weighted by Crippen LogP contribution is 2.51. The Kier molecular flexibility index (Phi) is 5.37. The predicted molar refractivity (Wildman–Crippen MR) is 105 cm³/mol. The first kappa shape index (κ1) is 21.4. The van der Waals surface area contributed by atoms with Gasteiger partial charge in [-0.3, -0.25) is 19.2 Å². The summed E-state index contributed by atoms with van der Waals surface area (Å²) < 4.78 is 32.8. The third kappa shape index (κ3) is 3.79. The summed E-state index contributed by atoms with van der Waals surface area (Å²) in [6, 6.07) is 6.81. The Labute approximate surface area is 182 Å². The summed E-state index contributed by atoms with van der Waals surface area (Å²) in [6.45, 7) is 4.86. The number of fused-ring (bicyclic) bond motifs is 5. The van der Waals surface area contributed by atoms with Crippen LogP contribution in [0.3, 0.4) is 0 Å². The van der Waals surface area contributed by atoms with Gasteiger partial charge in [-0.05, 0) is 17.5 Å². The van der Waals surface area contributed by atoms with Gasteiger partial charge in [0.05, 0.1) is 11.1 Å². The number of esters is 4. The summed E-state index contributed by atoms with van der Waals surface area (Å²) >= 11 is 0. The highest BCUT2D eigenvalue weighted by atomic mass is 16.7. The quantitative estimate of drug-likeness (QED) is 0.513. The van der Waals surface area contributed by atoms with E-state index in [1.165, 1.54) is 27.7 Å². The molecule has 0 amide bonds. The molecule has 0 N–H and O–H groups in total. The second-order valence-electron chi connectivity index (χ2n) is 7.30. The Bertz CT molecular complexity index is 1050. The first-order valence-electron chi connectivity index (χ1n) is 9.77. The molecule has 2 heterocycles. The maximum Gasteiger partial charge on any atom is 0.305 e. The van der Waals surface area contributed by atoms with Gasteiger partial charge < -0.3 is 28.4 Å². The molecule has 32 heavy (non-hydrogen) atoms. The number of ether oxygens (including phenoxy) is 6. The van der Waals surface area contributed by atoms with Crippen LogP contribution in [-0.4, -0.2) is 36.5 Å². The maximum atomic E-state index is 11.8. The van der Waals surface area contributed by atoms with Crippen LogP contribution < -0.4 is 9.47 Å². The van der Waals surface area contributed by atoms with E-state index in [9.17, 15) is 19.2 Å². The number of carbonyl (C=O) groups excluding carboxylic acids is 4. The van der Waals surface area contributed by atoms with Crippen molar-refractivity contribution in [3.05, 3.63) is 35.4 Å². The summed E-state index contributed by atoms with van der Waals surface area (Å²) in [5.41, 5.74) is 0.843. The monoisotopic (exact) mass is 444 g/mol. The Balaban J connectivity index is 1.92. The topological polar surface area (TPSA) is 124 Å². The average Bonchev–Trinajstić information content (AvgIpc) is 3.18. The van der Waals surface area contributed by atoms with E-state index in [0.29, 0.717) is 33.4 Å². The lowest BCUT2D eigenvalue weighted by molar-refractivity contribution is -0.184. The number of hydrogen-bond donors (Lipinski definition) is 0. The Morgan fingerprint density at radius 2 is 1.00 bits per heavy atom. The molecule has 4 rings (SSSR count). The Morgan fingerprint density at radius 1 is 0.625 bits per heavy atom. The van der Waals surface area contributed by atoms with Gasteiger partial charge in [0.25, 0.3) is 12.6 Å². The first-order valence-corrected chi connectivity index (χ1v) is 9.77. The van der Waals surface area contributed by atoms with Crippen molar-refractivity contribution in [3.8, 4) is 11.5 Å². The van der Waals surface area contributed by atoms with Crippen molar-refractivity contribution in [1.29, 1.82) is 0 Å². The van der Waals surface area contributed by atoms with Gasteiger partial charge in [-0.25, -0.2) is 0 Å². The zero-order chi connectivity index (χ0) is 23.2. The minimum absolute atomic E-state index is 0.320. The number of benzene rings is 2. The highest BCUT2D eigenvalue weighted by molar-refractivity contribution is 5.94. The van der Waals surface area contributed by atoms with E-state index in [2.05, 4.69) is 0 Å². The second kappa shape index (κ2) is 8.03. The van der Waals surface area contributed by atoms with Gasteiger partial charge in [-0.1, -0.05) is 12.1 Å². The zero-order valence-corrected chi connectivity index (χ0v) is 17.7. The largest absolute Gasteiger partial charge is 0.450 e. The molecule has 2 aromatic rings. The van der Waals surface area contributed by atoms with Gasteiger partial charge in [-0.15, -0.1) is 0 Å². The van der Waals surface area contributed by atoms with Gasteiger partial charge in [0.15, 0.2) is 0 Å². The van der Waals surface area contributed by atoms with Crippen molar-refractivity contribution in [2.45, 2.75) is 52.5 Å². The van der Waals surface area contributed by atoms with Crippen molar-refractivity contribution in [2.75, 3.05) is 0 Å². The van der Waals surface area contributed by atoms with Gasteiger partial charge in [-0.2, -0.15) is 0 Å². The first-order chi connectivity index (χ1) is 15.2. The van der Waals surface area contributed by atoms with Crippen LogP contribution in [0, 0.1) is 0 Å². The molecule has 0 aromatic heterocycles. The van der Waals surface area contributed by atoms with Crippen LogP contribution in [0.4, 0.5) is 0 Å². The normalized spacial score (nSPS) is 22.8. The van der Waals surface area contributed by atoms with Crippen molar-refractivity contribution in [2.24, 2.45) is 0 Å². The molecule has 0 saturated heterocycles. The Hall–Kier alpha value is -3.82. The molecule has 0 unspecified atom stereocenters. The molecule has 2 aliphatic rings. The molecule has 2 aliphatic heterocycles. The van der Waals surface area contributed by atoms with Crippen LogP contribution >= 0.6 is 0 Å². The molecular weight excluding hydrogens is 424 g/mol. The summed E-state index contributed by atoms with van der Waals surface area (Å²) in [5, 5.41) is 1.21. The molecule has 0 bridgehead atoms. The Morgan fingerprint density at radius 3 is 1.34 bits per heavy atom. The zero-order valence-electron chi connectivity index (χ0n) is 17.7. The molecule has 0 radical (unpaired) electrons. The molecule has 4 atom stereocenters. The fourth-order valence-electron chi connectivity index (χ4n) is 3.94. The minimum Gasteiger partial charge on any atom is -0.450 e. The summed E-state index contributed by atoms with van der Waals surface area (Å²) in [6.07, 6.45) is -4.56. The van der Waals surface area contributed by atoms with Crippen LogP contribution in [0.25, 0.3) is 10.8 Å².